The first-order valence-electron chi connectivity index (χ1n) is 4.57. The first kappa shape index (κ1) is 14.0. The molecule has 1 rings (SSSR count). The molecule has 15 heavy (non-hydrogen) atoms. The van der Waals surface area contributed by atoms with E-state index in [0.717, 1.165) is 7.11 Å². The van der Waals surface area contributed by atoms with Gasteiger partial charge in [0, 0.05) is 11.6 Å². The molecule has 0 heterocycles. The average Bonchev–Trinajstić information content (AvgIpc) is 2.32. The Labute approximate surface area is 86.7 Å². The van der Waals surface area contributed by atoms with Crippen LogP contribution in [0.4, 0.5) is 4.53 Å². The lowest BCUT2D eigenvalue weighted by atomic mass is 9.80. The molecule has 0 amide bonds. The van der Waals surface area contributed by atoms with Crippen LogP contribution in [0.1, 0.15) is 25.7 Å². The van der Waals surface area contributed by atoms with Gasteiger partial charge in [-0.15, -0.1) is 0 Å². The third-order valence-corrected chi connectivity index (χ3v) is 2.48. The van der Waals surface area contributed by atoms with E-state index in [1.54, 1.807) is 0 Å². The summed E-state index contributed by atoms with van der Waals surface area (Å²) in [5, 5.41) is 16.4. The van der Waals surface area contributed by atoms with E-state index in [9.17, 15) is 19.2 Å². The van der Waals surface area contributed by atoms with Gasteiger partial charge in [-0.3, -0.25) is 4.94 Å². The molecule has 5 nitrogen and oxygen atoms in total. The number of rotatable bonds is 2. The van der Waals surface area contributed by atoms with Gasteiger partial charge in [-0.2, -0.15) is 0 Å². The van der Waals surface area contributed by atoms with Gasteiger partial charge in [-0.05, 0) is 25.7 Å². The molecule has 1 aliphatic carbocycles. The molecule has 1 aliphatic rings. The van der Waals surface area contributed by atoms with Crippen LogP contribution < -0.4 is 0 Å². The average molecular weight is 222 g/mol. The zero-order chi connectivity index (χ0) is 11.9. The van der Waals surface area contributed by atoms with E-state index >= 15 is 0 Å². The maximum atomic E-state index is 11.5. The number of aliphatic hydroxyl groups is 2. The highest BCUT2D eigenvalue weighted by molar-refractivity contribution is 5.72. The molecule has 0 aromatic rings. The Morgan fingerprint density at radius 1 is 1.47 bits per heavy atom. The van der Waals surface area contributed by atoms with E-state index < -0.39 is 17.5 Å². The van der Waals surface area contributed by atoms with Crippen LogP contribution in [0, 0.1) is 5.92 Å². The largest absolute Gasteiger partial charge is 0.400 e. The highest BCUT2D eigenvalue weighted by Gasteiger charge is 2.36. The Balaban J connectivity index is 0.000000921. The van der Waals surface area contributed by atoms with Crippen LogP contribution in [0.5, 0.6) is 0 Å². The number of hydrogen-bond donors (Lipinski definition) is 2. The van der Waals surface area contributed by atoms with Gasteiger partial charge in [0.2, 0.25) is 0 Å². The second-order valence-electron chi connectivity index (χ2n) is 3.39. The molecule has 88 valence electrons. The van der Waals surface area contributed by atoms with Crippen LogP contribution in [-0.2, 0) is 14.5 Å². The van der Waals surface area contributed by atoms with Gasteiger partial charge in [0.05, 0.1) is 5.92 Å². The molecule has 2 N–H and O–H groups in total. The molecular weight excluding hydrogens is 207 g/mol. The number of carbonyl (C=O) groups is 2. The molecule has 6 heteroatoms. The van der Waals surface area contributed by atoms with Crippen LogP contribution in [0.15, 0.2) is 0 Å². The molecule has 0 atom stereocenters. The smallest absolute Gasteiger partial charge is 0.351 e. The van der Waals surface area contributed by atoms with Gasteiger partial charge in [0.15, 0.2) is 6.29 Å². The molecule has 0 radical (unpaired) electrons. The Morgan fingerprint density at radius 3 is 2.27 bits per heavy atom. The SMILES string of the molecule is CO.O=CC1(O)CCC(C(=O)OF)CC1. The minimum atomic E-state index is -1.33. The number of aldehydes is 1. The summed E-state index contributed by atoms with van der Waals surface area (Å²) < 4.78 is 11.5. The summed E-state index contributed by atoms with van der Waals surface area (Å²) >= 11 is 0. The number of halogens is 1. The van der Waals surface area contributed by atoms with Crippen molar-refractivity contribution in [2.75, 3.05) is 7.11 Å². The van der Waals surface area contributed by atoms with Gasteiger partial charge in [-0.1, -0.05) is 0 Å². The Bertz CT molecular complexity index is 211. The predicted octanol–water partition coefficient (Wildman–Crippen LogP) is 0.143. The summed E-state index contributed by atoms with van der Waals surface area (Å²) in [6.45, 7) is 0. The number of aliphatic hydroxyl groups excluding tert-OH is 1. The molecule has 0 aliphatic heterocycles. The fourth-order valence-corrected chi connectivity index (χ4v) is 1.53. The maximum absolute atomic E-state index is 11.5. The Kier molecular flexibility index (Phi) is 6.03. The molecule has 0 bridgehead atoms. The second-order valence-corrected chi connectivity index (χ2v) is 3.39. The van der Waals surface area contributed by atoms with E-state index in [1.807, 2.05) is 0 Å². The summed E-state index contributed by atoms with van der Waals surface area (Å²) in [4.78, 5) is 24.2. The minimum absolute atomic E-state index is 0.191. The molecule has 0 saturated heterocycles. The zero-order valence-electron chi connectivity index (χ0n) is 8.48. The van der Waals surface area contributed by atoms with Crippen molar-refractivity contribution in [3.05, 3.63) is 0 Å². The van der Waals surface area contributed by atoms with Gasteiger partial charge in [-0.25, -0.2) is 4.79 Å². The van der Waals surface area contributed by atoms with Crippen molar-refractivity contribution in [1.82, 2.24) is 0 Å². The first-order chi connectivity index (χ1) is 7.11. The molecule has 0 aromatic heterocycles. The number of carbonyl (C=O) groups excluding carboxylic acids is 2. The summed E-state index contributed by atoms with van der Waals surface area (Å²) in [5.41, 5.74) is -1.33. The van der Waals surface area contributed by atoms with Crippen LogP contribution in [0.2, 0.25) is 0 Å². The molecule has 1 fully saturated rings. The summed E-state index contributed by atoms with van der Waals surface area (Å²) in [6, 6.07) is 0. The normalized spacial score (nSPS) is 29.7. The van der Waals surface area contributed by atoms with Crippen LogP contribution in [0.25, 0.3) is 0 Å². The second kappa shape index (κ2) is 6.47. The van der Waals surface area contributed by atoms with Crippen molar-refractivity contribution in [2.45, 2.75) is 31.3 Å². The number of hydrogen-bond acceptors (Lipinski definition) is 5. The lowest BCUT2D eigenvalue weighted by Gasteiger charge is -2.29. The Hall–Kier alpha value is -1.01. The van der Waals surface area contributed by atoms with Crippen LogP contribution in [-0.4, -0.2) is 35.2 Å². The third kappa shape index (κ3) is 3.93. The highest BCUT2D eigenvalue weighted by Crippen LogP contribution is 2.31. The van der Waals surface area contributed by atoms with Gasteiger partial charge >= 0.3 is 5.97 Å². The van der Waals surface area contributed by atoms with Crippen molar-refractivity contribution in [2.24, 2.45) is 5.92 Å². The van der Waals surface area contributed by atoms with Crippen molar-refractivity contribution in [1.29, 1.82) is 0 Å². The quantitative estimate of drug-likeness (QED) is 0.649. The van der Waals surface area contributed by atoms with Crippen molar-refractivity contribution in [3.8, 4) is 0 Å². The van der Waals surface area contributed by atoms with E-state index in [2.05, 4.69) is 4.94 Å². The fourth-order valence-electron chi connectivity index (χ4n) is 1.53. The summed E-state index contributed by atoms with van der Waals surface area (Å²) in [5.74, 6) is -1.43. The molecular formula is C9H15FO5. The van der Waals surface area contributed by atoms with Gasteiger partial charge in [0.1, 0.15) is 5.60 Å². The van der Waals surface area contributed by atoms with E-state index in [0.29, 0.717) is 6.29 Å². The van der Waals surface area contributed by atoms with E-state index in [1.165, 1.54) is 0 Å². The van der Waals surface area contributed by atoms with Crippen LogP contribution >= 0.6 is 0 Å². The maximum Gasteiger partial charge on any atom is 0.351 e. The van der Waals surface area contributed by atoms with E-state index in [4.69, 9.17) is 5.11 Å². The molecule has 0 aromatic carbocycles. The van der Waals surface area contributed by atoms with Crippen molar-refractivity contribution >= 4 is 12.3 Å². The lowest BCUT2D eigenvalue weighted by Crippen LogP contribution is -2.37. The molecule has 0 spiro atoms. The van der Waals surface area contributed by atoms with E-state index in [-0.39, 0.29) is 25.7 Å². The zero-order valence-corrected chi connectivity index (χ0v) is 8.48. The topological polar surface area (TPSA) is 83.8 Å². The predicted molar refractivity (Wildman–Crippen MR) is 48.3 cm³/mol. The highest BCUT2D eigenvalue weighted by atomic mass is 19.3. The first-order valence-corrected chi connectivity index (χ1v) is 4.57. The standard InChI is InChI=1S/C8H11FO4.CH4O/c9-13-7(11)6-1-3-8(12,5-10)4-2-6;1-2/h5-6,12H,1-4H2;2H,1H3. The monoisotopic (exact) mass is 222 g/mol. The lowest BCUT2D eigenvalue weighted by molar-refractivity contribution is -0.191. The fraction of sp³-hybridized carbons (Fsp3) is 0.778. The van der Waals surface area contributed by atoms with Gasteiger partial charge in [0.25, 0.3) is 0 Å². The van der Waals surface area contributed by atoms with Crippen molar-refractivity contribution in [3.63, 3.8) is 0 Å². The summed E-state index contributed by atoms with van der Waals surface area (Å²) in [7, 11) is 1.00. The Morgan fingerprint density at radius 2 is 1.93 bits per heavy atom. The van der Waals surface area contributed by atoms with Crippen molar-refractivity contribution < 1.29 is 29.3 Å². The van der Waals surface area contributed by atoms with Gasteiger partial charge < -0.3 is 15.0 Å². The molecule has 0 unspecified atom stereocenters. The van der Waals surface area contributed by atoms with Crippen LogP contribution in [0.3, 0.4) is 0 Å². The minimum Gasteiger partial charge on any atom is -0.400 e. The third-order valence-electron chi connectivity index (χ3n) is 2.48. The molecule has 1 saturated carbocycles. The summed E-state index contributed by atoms with van der Waals surface area (Å²) in [6.07, 6.45) is 1.44.